The zero-order valence-electron chi connectivity index (χ0n) is 16.9. The normalized spacial score (nSPS) is 20.4. The zero-order chi connectivity index (χ0) is 19.6. The van der Waals surface area contributed by atoms with Crippen molar-refractivity contribution in [2.45, 2.75) is 51.8 Å². The van der Waals surface area contributed by atoms with Crippen molar-refractivity contribution >= 4 is 11.3 Å². The zero-order valence-corrected chi connectivity index (χ0v) is 17.8. The fourth-order valence-corrected chi connectivity index (χ4v) is 5.60. The molecule has 0 saturated carbocycles. The molecule has 0 N–H and O–H groups in total. The highest BCUT2D eigenvalue weighted by Gasteiger charge is 2.21. The molecule has 0 unspecified atom stereocenters. The summed E-state index contributed by atoms with van der Waals surface area (Å²) in [6, 6.07) is 1.82. The van der Waals surface area contributed by atoms with Crippen molar-refractivity contribution in [2.75, 3.05) is 39.3 Å². The van der Waals surface area contributed by atoms with E-state index in [-0.39, 0.29) is 5.56 Å². The molecular weight excluding hydrogens is 386 g/mol. The predicted octanol–water partition coefficient (Wildman–Crippen LogP) is 1.47. The molecule has 8 heteroatoms. The fourth-order valence-electron chi connectivity index (χ4n) is 4.51. The number of hydrogen-bond acceptors (Lipinski definition) is 7. The van der Waals surface area contributed by atoms with Gasteiger partial charge >= 0.3 is 0 Å². The number of hydrogen-bond donors (Lipinski definition) is 0. The first-order chi connectivity index (χ1) is 14.2. The fraction of sp³-hybridized carbons (Fsp3) is 0.667. The van der Waals surface area contributed by atoms with Crippen LogP contribution in [0.25, 0.3) is 0 Å². The highest BCUT2D eigenvalue weighted by molar-refractivity contribution is 7.11. The Kier molecular flexibility index (Phi) is 5.76. The second-order valence-electron chi connectivity index (χ2n) is 8.28. The molecule has 1 saturated heterocycles. The van der Waals surface area contributed by atoms with Crippen LogP contribution in [0, 0.1) is 0 Å². The van der Waals surface area contributed by atoms with Gasteiger partial charge in [-0.15, -0.1) is 11.3 Å². The van der Waals surface area contributed by atoms with Crippen LogP contribution in [0.15, 0.2) is 10.9 Å². The highest BCUT2D eigenvalue weighted by Crippen LogP contribution is 2.24. The Hall–Kier alpha value is -1.61. The molecule has 1 aliphatic carbocycles. The highest BCUT2D eigenvalue weighted by atomic mass is 32.1. The van der Waals surface area contributed by atoms with Gasteiger partial charge in [-0.3, -0.25) is 14.6 Å². The molecule has 2 aromatic rings. The van der Waals surface area contributed by atoms with E-state index in [0.29, 0.717) is 6.54 Å². The van der Waals surface area contributed by atoms with Crippen LogP contribution < -0.4 is 5.56 Å². The summed E-state index contributed by atoms with van der Waals surface area (Å²) in [5.41, 5.74) is 3.61. The van der Waals surface area contributed by atoms with E-state index in [1.165, 1.54) is 34.0 Å². The van der Waals surface area contributed by atoms with Crippen molar-refractivity contribution in [2.24, 2.45) is 0 Å². The van der Waals surface area contributed by atoms with Gasteiger partial charge in [-0.2, -0.15) is 5.10 Å². The topological polar surface area (TPSA) is 63.5 Å². The van der Waals surface area contributed by atoms with Crippen LogP contribution in [0.1, 0.15) is 39.7 Å². The van der Waals surface area contributed by atoms with Crippen LogP contribution in [-0.4, -0.2) is 63.9 Å². The number of fused-ring (bicyclic) bond motifs is 2. The van der Waals surface area contributed by atoms with Crippen molar-refractivity contribution in [3.63, 3.8) is 0 Å². The Morgan fingerprint density at radius 2 is 1.83 bits per heavy atom. The van der Waals surface area contributed by atoms with Gasteiger partial charge in [0.25, 0.3) is 5.56 Å². The van der Waals surface area contributed by atoms with Crippen LogP contribution in [-0.2, 0) is 43.7 Å². The minimum absolute atomic E-state index is 0.0565. The molecule has 0 aromatic carbocycles. The molecule has 2 aliphatic heterocycles. The van der Waals surface area contributed by atoms with E-state index in [1.54, 1.807) is 4.68 Å². The third-order valence-electron chi connectivity index (χ3n) is 6.26. The molecule has 0 atom stereocenters. The first kappa shape index (κ1) is 19.4. The lowest BCUT2D eigenvalue weighted by atomic mass is 9.97. The van der Waals surface area contributed by atoms with E-state index in [4.69, 9.17) is 9.72 Å². The second kappa shape index (κ2) is 8.63. The lowest BCUT2D eigenvalue weighted by Crippen LogP contribution is -2.47. The molecular formula is C21H29N5O2S. The van der Waals surface area contributed by atoms with E-state index in [9.17, 15) is 4.79 Å². The SMILES string of the molecule is O=c1cc2c(nn1CCN1CCN(Cc3nc4c(s3)COCC4)CC1)CCCC2. The smallest absolute Gasteiger partial charge is 0.267 e. The van der Waals surface area contributed by atoms with Crippen LogP contribution >= 0.6 is 11.3 Å². The van der Waals surface area contributed by atoms with E-state index in [2.05, 4.69) is 14.9 Å². The quantitative estimate of drug-likeness (QED) is 0.737. The third kappa shape index (κ3) is 4.45. The van der Waals surface area contributed by atoms with Crippen molar-refractivity contribution in [3.8, 4) is 0 Å². The molecule has 0 bridgehead atoms. The summed E-state index contributed by atoms with van der Waals surface area (Å²) in [5.74, 6) is 0. The van der Waals surface area contributed by atoms with Crippen LogP contribution in [0.5, 0.6) is 0 Å². The van der Waals surface area contributed by atoms with Crippen molar-refractivity contribution in [3.05, 3.63) is 43.3 Å². The monoisotopic (exact) mass is 415 g/mol. The largest absolute Gasteiger partial charge is 0.375 e. The summed E-state index contributed by atoms with van der Waals surface area (Å²) in [5, 5.41) is 5.87. The summed E-state index contributed by atoms with van der Waals surface area (Å²) >= 11 is 1.81. The van der Waals surface area contributed by atoms with Crippen molar-refractivity contribution in [1.29, 1.82) is 0 Å². The molecule has 0 spiro atoms. The predicted molar refractivity (Wildman–Crippen MR) is 112 cm³/mol. The number of thiazole rings is 1. The number of aromatic nitrogens is 3. The Labute approximate surface area is 175 Å². The maximum Gasteiger partial charge on any atom is 0.267 e. The molecule has 156 valence electrons. The maximum absolute atomic E-state index is 12.4. The van der Waals surface area contributed by atoms with Crippen molar-refractivity contribution < 1.29 is 4.74 Å². The Balaban J connectivity index is 1.12. The minimum Gasteiger partial charge on any atom is -0.375 e. The van der Waals surface area contributed by atoms with Gasteiger partial charge in [0.15, 0.2) is 0 Å². The van der Waals surface area contributed by atoms with E-state index in [1.807, 2.05) is 17.4 Å². The number of nitrogens with zero attached hydrogens (tertiary/aromatic N) is 5. The Morgan fingerprint density at radius 1 is 1.00 bits per heavy atom. The molecule has 4 heterocycles. The Morgan fingerprint density at radius 3 is 2.69 bits per heavy atom. The van der Waals surface area contributed by atoms with Gasteiger partial charge in [-0.05, 0) is 31.2 Å². The van der Waals surface area contributed by atoms with Gasteiger partial charge in [-0.1, -0.05) is 0 Å². The minimum atomic E-state index is 0.0565. The summed E-state index contributed by atoms with van der Waals surface area (Å²) in [6.45, 7) is 8.22. The summed E-state index contributed by atoms with van der Waals surface area (Å²) < 4.78 is 7.22. The molecule has 1 fully saturated rings. The summed E-state index contributed by atoms with van der Waals surface area (Å²) in [4.78, 5) is 23.4. The summed E-state index contributed by atoms with van der Waals surface area (Å²) in [6.07, 6.45) is 5.35. The molecule has 2 aromatic heterocycles. The number of ether oxygens (including phenoxy) is 1. The number of rotatable bonds is 5. The molecule has 5 rings (SSSR count). The van der Waals surface area contributed by atoms with Gasteiger partial charge < -0.3 is 4.74 Å². The maximum atomic E-state index is 12.4. The molecule has 3 aliphatic rings. The van der Waals surface area contributed by atoms with Gasteiger partial charge in [0.05, 0.1) is 42.6 Å². The van der Waals surface area contributed by atoms with E-state index >= 15 is 0 Å². The molecule has 7 nitrogen and oxygen atoms in total. The lowest BCUT2D eigenvalue weighted by Gasteiger charge is -2.34. The van der Waals surface area contributed by atoms with Gasteiger partial charge in [0, 0.05) is 45.2 Å². The lowest BCUT2D eigenvalue weighted by molar-refractivity contribution is 0.112. The van der Waals surface area contributed by atoms with Gasteiger partial charge in [0.1, 0.15) is 5.01 Å². The first-order valence-electron chi connectivity index (χ1n) is 10.8. The van der Waals surface area contributed by atoms with E-state index < -0.39 is 0 Å². The average Bonchev–Trinajstić information content (AvgIpc) is 3.15. The molecule has 0 amide bonds. The standard InChI is InChI=1S/C21H29N5O2S/c27-21-13-16-3-1-2-4-17(16)23-26(21)11-10-24-6-8-25(9-7-24)14-20-22-18-5-12-28-15-19(18)29-20/h13H,1-12,14-15H2. The van der Waals surface area contributed by atoms with Crippen LogP contribution in [0.4, 0.5) is 0 Å². The molecule has 29 heavy (non-hydrogen) atoms. The second-order valence-corrected chi connectivity index (χ2v) is 9.45. The van der Waals surface area contributed by atoms with Crippen molar-refractivity contribution in [1.82, 2.24) is 24.6 Å². The number of aryl methyl sites for hydroxylation is 2. The first-order valence-corrected chi connectivity index (χ1v) is 11.7. The van der Waals surface area contributed by atoms with Gasteiger partial charge in [-0.25, -0.2) is 9.67 Å². The Bertz CT molecular complexity index is 893. The third-order valence-corrected chi connectivity index (χ3v) is 7.32. The molecule has 0 radical (unpaired) electrons. The van der Waals surface area contributed by atoms with Gasteiger partial charge in [0.2, 0.25) is 0 Å². The van der Waals surface area contributed by atoms with Crippen LogP contribution in [0.3, 0.4) is 0 Å². The summed E-state index contributed by atoms with van der Waals surface area (Å²) in [7, 11) is 0. The number of piperazine rings is 1. The average molecular weight is 416 g/mol. The van der Waals surface area contributed by atoms with E-state index in [0.717, 1.165) is 77.4 Å². The van der Waals surface area contributed by atoms with Crippen LogP contribution in [0.2, 0.25) is 0 Å².